The van der Waals surface area contributed by atoms with E-state index < -0.39 is 0 Å². The van der Waals surface area contributed by atoms with Gasteiger partial charge in [-0.2, -0.15) is 0 Å². The van der Waals surface area contributed by atoms with Gasteiger partial charge in [0.25, 0.3) is 0 Å². The van der Waals surface area contributed by atoms with Gasteiger partial charge in [0.1, 0.15) is 0 Å². The van der Waals surface area contributed by atoms with Gasteiger partial charge in [-0.05, 0) is 24.1 Å². The van der Waals surface area contributed by atoms with E-state index in [9.17, 15) is 4.79 Å². The van der Waals surface area contributed by atoms with E-state index in [-0.39, 0.29) is 5.78 Å². The van der Waals surface area contributed by atoms with Crippen LogP contribution < -0.4 is 0 Å². The molecule has 0 amide bonds. The maximum atomic E-state index is 12.8. The number of nitrogens with zero attached hydrogens (tertiary/aromatic N) is 1. The first kappa shape index (κ1) is 17.9. The van der Waals surface area contributed by atoms with Crippen molar-refractivity contribution in [3.05, 3.63) is 114 Å². The van der Waals surface area contributed by atoms with Gasteiger partial charge >= 0.3 is 0 Å². The number of hydrogen-bond acceptors (Lipinski definition) is 2. The van der Waals surface area contributed by atoms with Gasteiger partial charge < -0.3 is 0 Å². The average molecular weight is 363 g/mol. The fraction of sp³-hybridized carbons (Fsp3) is 0.0769. The summed E-state index contributed by atoms with van der Waals surface area (Å²) in [4.78, 5) is 17.8. The first-order valence-corrected chi connectivity index (χ1v) is 9.42. The van der Waals surface area contributed by atoms with Crippen molar-refractivity contribution in [2.24, 2.45) is 0 Å². The van der Waals surface area contributed by atoms with E-state index in [1.54, 1.807) is 0 Å². The number of carbonyl (C=O) groups is 1. The van der Waals surface area contributed by atoms with Crippen molar-refractivity contribution in [3.63, 3.8) is 0 Å². The van der Waals surface area contributed by atoms with E-state index in [0.29, 0.717) is 6.42 Å². The predicted molar refractivity (Wildman–Crippen MR) is 114 cm³/mol. The lowest BCUT2D eigenvalue weighted by Gasteiger charge is -2.14. The van der Waals surface area contributed by atoms with Crippen molar-refractivity contribution < 1.29 is 4.79 Å². The molecule has 4 rings (SSSR count). The van der Waals surface area contributed by atoms with E-state index in [1.807, 2.05) is 66.7 Å². The summed E-state index contributed by atoms with van der Waals surface area (Å²) in [5.74, 6) is 0.118. The van der Waals surface area contributed by atoms with Crippen molar-refractivity contribution in [2.45, 2.75) is 13.3 Å². The molecular weight excluding hydrogens is 342 g/mol. The Morgan fingerprint density at radius 3 is 1.89 bits per heavy atom. The third kappa shape index (κ3) is 3.77. The summed E-state index contributed by atoms with van der Waals surface area (Å²) in [5, 5.41) is 0. The number of pyridine rings is 1. The summed E-state index contributed by atoms with van der Waals surface area (Å²) in [6.07, 6.45) is 0.359. The fourth-order valence-electron chi connectivity index (χ4n) is 3.38. The molecule has 0 saturated carbocycles. The lowest BCUT2D eigenvalue weighted by atomic mass is 9.94. The number of benzene rings is 3. The highest BCUT2D eigenvalue weighted by Crippen LogP contribution is 2.29. The van der Waals surface area contributed by atoms with Crippen molar-refractivity contribution in [1.29, 1.82) is 0 Å². The molecule has 2 heteroatoms. The second kappa shape index (κ2) is 8.01. The largest absolute Gasteiger partial charge is 0.294 e. The summed E-state index contributed by atoms with van der Waals surface area (Å²) in [6.45, 7) is 2.05. The van der Waals surface area contributed by atoms with Crippen LogP contribution in [0.15, 0.2) is 97.1 Å². The van der Waals surface area contributed by atoms with Crippen LogP contribution in [0.5, 0.6) is 0 Å². The minimum Gasteiger partial charge on any atom is -0.294 e. The van der Waals surface area contributed by atoms with Crippen molar-refractivity contribution in [3.8, 4) is 22.5 Å². The molecule has 0 saturated heterocycles. The van der Waals surface area contributed by atoms with Crippen molar-refractivity contribution in [1.82, 2.24) is 4.98 Å². The second-order valence-corrected chi connectivity index (χ2v) is 6.84. The molecule has 4 aromatic rings. The molecule has 0 atom stereocenters. The summed E-state index contributed by atoms with van der Waals surface area (Å²) in [6, 6.07) is 31.8. The predicted octanol–water partition coefficient (Wildman–Crippen LogP) is 6.15. The Labute approximate surface area is 165 Å². The zero-order valence-corrected chi connectivity index (χ0v) is 15.8. The SMILES string of the molecule is Cc1c(CC(=O)c2ccccc2)cc(-c2ccccc2)nc1-c1ccccc1. The molecule has 1 heterocycles. The molecule has 2 nitrogen and oxygen atoms in total. The maximum absolute atomic E-state index is 12.8. The number of carbonyl (C=O) groups excluding carboxylic acids is 1. The summed E-state index contributed by atoms with van der Waals surface area (Å²) < 4.78 is 0. The van der Waals surface area contributed by atoms with Crippen LogP contribution in [0, 0.1) is 6.92 Å². The topological polar surface area (TPSA) is 30.0 Å². The van der Waals surface area contributed by atoms with Crippen LogP contribution in [0.1, 0.15) is 21.5 Å². The van der Waals surface area contributed by atoms with Crippen LogP contribution in [-0.4, -0.2) is 10.8 Å². The van der Waals surface area contributed by atoms with Crippen LogP contribution in [0.2, 0.25) is 0 Å². The Hall–Kier alpha value is -3.52. The minimum absolute atomic E-state index is 0.118. The van der Waals surface area contributed by atoms with Gasteiger partial charge in [0.05, 0.1) is 11.4 Å². The molecule has 1 aromatic heterocycles. The molecule has 0 bridgehead atoms. The number of aromatic nitrogens is 1. The van der Waals surface area contributed by atoms with E-state index in [4.69, 9.17) is 4.98 Å². The third-order valence-electron chi connectivity index (χ3n) is 4.94. The molecular formula is C26H21NO. The van der Waals surface area contributed by atoms with Gasteiger partial charge in [0.15, 0.2) is 5.78 Å². The highest BCUT2D eigenvalue weighted by atomic mass is 16.1. The van der Waals surface area contributed by atoms with Crippen LogP contribution in [0.4, 0.5) is 0 Å². The molecule has 0 aliphatic carbocycles. The normalized spacial score (nSPS) is 10.6. The summed E-state index contributed by atoms with van der Waals surface area (Å²) in [7, 11) is 0. The van der Waals surface area contributed by atoms with Crippen molar-refractivity contribution >= 4 is 5.78 Å². The van der Waals surface area contributed by atoms with E-state index >= 15 is 0 Å². The molecule has 3 aromatic carbocycles. The highest BCUT2D eigenvalue weighted by molar-refractivity contribution is 5.98. The first-order chi connectivity index (χ1) is 13.7. The first-order valence-electron chi connectivity index (χ1n) is 9.42. The molecule has 28 heavy (non-hydrogen) atoms. The average Bonchev–Trinajstić information content (AvgIpc) is 2.77. The smallest absolute Gasteiger partial charge is 0.167 e. The number of Topliss-reactive ketones (excluding diaryl/α,β-unsaturated/α-hetero) is 1. The Morgan fingerprint density at radius 2 is 1.29 bits per heavy atom. The van der Waals surface area contributed by atoms with E-state index in [1.165, 1.54) is 0 Å². The van der Waals surface area contributed by atoms with E-state index in [2.05, 4.69) is 37.3 Å². The van der Waals surface area contributed by atoms with Crippen LogP contribution >= 0.6 is 0 Å². The Kier molecular flexibility index (Phi) is 5.11. The molecule has 0 unspecified atom stereocenters. The van der Waals surface area contributed by atoms with Crippen LogP contribution in [0.3, 0.4) is 0 Å². The third-order valence-corrected chi connectivity index (χ3v) is 4.94. The van der Waals surface area contributed by atoms with Gasteiger partial charge in [-0.1, -0.05) is 91.0 Å². The lowest BCUT2D eigenvalue weighted by Crippen LogP contribution is -2.07. The Balaban J connectivity index is 1.82. The lowest BCUT2D eigenvalue weighted by molar-refractivity contribution is 0.0993. The zero-order chi connectivity index (χ0) is 19.3. The number of hydrogen-bond donors (Lipinski definition) is 0. The number of rotatable bonds is 5. The van der Waals surface area contributed by atoms with Gasteiger partial charge in [-0.15, -0.1) is 0 Å². The zero-order valence-electron chi connectivity index (χ0n) is 15.8. The Bertz CT molecular complexity index is 1090. The molecule has 136 valence electrons. The summed E-state index contributed by atoms with van der Waals surface area (Å²) in [5.41, 5.74) is 6.73. The monoisotopic (exact) mass is 363 g/mol. The highest BCUT2D eigenvalue weighted by Gasteiger charge is 2.15. The molecule has 0 spiro atoms. The molecule has 0 radical (unpaired) electrons. The van der Waals surface area contributed by atoms with Gasteiger partial charge in [-0.25, -0.2) is 4.98 Å². The molecule has 0 fully saturated rings. The quantitative estimate of drug-likeness (QED) is 0.398. The maximum Gasteiger partial charge on any atom is 0.167 e. The molecule has 0 aliphatic heterocycles. The van der Waals surface area contributed by atoms with E-state index in [0.717, 1.165) is 39.2 Å². The number of ketones is 1. The molecule has 0 aliphatic rings. The standard InChI is InChI=1S/C26H21NO/c1-19-23(18-25(28)21-13-7-3-8-14-21)17-24(20-11-5-2-6-12-20)27-26(19)22-15-9-4-10-16-22/h2-17H,18H2,1H3. The minimum atomic E-state index is 0.118. The summed E-state index contributed by atoms with van der Waals surface area (Å²) >= 11 is 0. The van der Waals surface area contributed by atoms with Crippen LogP contribution in [0.25, 0.3) is 22.5 Å². The van der Waals surface area contributed by atoms with Gasteiger partial charge in [0, 0.05) is 23.1 Å². The second-order valence-electron chi connectivity index (χ2n) is 6.84. The Morgan fingerprint density at radius 1 is 0.750 bits per heavy atom. The fourth-order valence-corrected chi connectivity index (χ4v) is 3.38. The van der Waals surface area contributed by atoms with Crippen LogP contribution in [-0.2, 0) is 6.42 Å². The molecule has 0 N–H and O–H groups in total. The van der Waals surface area contributed by atoms with Gasteiger partial charge in [-0.3, -0.25) is 4.79 Å². The van der Waals surface area contributed by atoms with Crippen molar-refractivity contribution in [2.75, 3.05) is 0 Å². The van der Waals surface area contributed by atoms with Gasteiger partial charge in [0.2, 0.25) is 0 Å².